The lowest BCUT2D eigenvalue weighted by molar-refractivity contribution is -0.385. The van der Waals surface area contributed by atoms with Gasteiger partial charge in [-0.15, -0.1) is 0 Å². The van der Waals surface area contributed by atoms with E-state index in [4.69, 9.17) is 0 Å². The second-order valence-electron chi connectivity index (χ2n) is 5.08. The van der Waals surface area contributed by atoms with Crippen molar-refractivity contribution in [2.45, 2.75) is 13.8 Å². The van der Waals surface area contributed by atoms with Gasteiger partial charge in [-0.05, 0) is 19.9 Å². The number of nitrogens with zero attached hydrogens (tertiary/aromatic N) is 1. The van der Waals surface area contributed by atoms with Crippen molar-refractivity contribution in [1.29, 1.82) is 0 Å². The summed E-state index contributed by atoms with van der Waals surface area (Å²) in [6.07, 6.45) is 0. The third-order valence-electron chi connectivity index (χ3n) is 2.99. The molecule has 0 saturated heterocycles. The van der Waals surface area contributed by atoms with Crippen molar-refractivity contribution < 1.29 is 19.6 Å². The van der Waals surface area contributed by atoms with Gasteiger partial charge in [0.15, 0.2) is 0 Å². The van der Waals surface area contributed by atoms with E-state index in [9.17, 15) is 24.8 Å². The number of rotatable bonds is 5. The van der Waals surface area contributed by atoms with E-state index >= 15 is 0 Å². The lowest BCUT2D eigenvalue weighted by atomic mass is 9.92. The number of nitro groups is 1. The highest BCUT2D eigenvalue weighted by molar-refractivity contribution is 5.98. The van der Waals surface area contributed by atoms with Crippen LogP contribution in [0.4, 0.5) is 5.69 Å². The largest absolute Gasteiger partial charge is 0.502 e. The summed E-state index contributed by atoms with van der Waals surface area (Å²) in [5, 5.41) is 25.4. The number of aromatic hydroxyl groups is 1. The maximum absolute atomic E-state index is 12.0. The zero-order valence-electron chi connectivity index (χ0n) is 12.0. The van der Waals surface area contributed by atoms with Crippen LogP contribution in [0, 0.1) is 15.5 Å². The van der Waals surface area contributed by atoms with Crippen LogP contribution in [0.5, 0.6) is 5.75 Å². The second-order valence-corrected chi connectivity index (χ2v) is 5.08. The molecule has 114 valence electrons. The van der Waals surface area contributed by atoms with Crippen molar-refractivity contribution >= 4 is 17.5 Å². The SMILES string of the molecule is CNC(=O)C(C)(C)CNC(=O)c1cccc([N+](=O)[O-])c1O. The Morgan fingerprint density at radius 1 is 1.38 bits per heavy atom. The Morgan fingerprint density at radius 3 is 2.52 bits per heavy atom. The molecular formula is C13H17N3O5. The summed E-state index contributed by atoms with van der Waals surface area (Å²) in [6.45, 7) is 3.30. The Labute approximate surface area is 121 Å². The number of hydrogen-bond donors (Lipinski definition) is 3. The number of phenols is 1. The minimum Gasteiger partial charge on any atom is -0.502 e. The Hall–Kier alpha value is -2.64. The molecule has 2 amide bonds. The van der Waals surface area contributed by atoms with E-state index in [1.54, 1.807) is 13.8 Å². The fourth-order valence-electron chi connectivity index (χ4n) is 1.68. The lowest BCUT2D eigenvalue weighted by Gasteiger charge is -2.22. The summed E-state index contributed by atoms with van der Waals surface area (Å²) >= 11 is 0. The van der Waals surface area contributed by atoms with Crippen LogP contribution in [0.25, 0.3) is 0 Å². The number of hydrogen-bond acceptors (Lipinski definition) is 5. The van der Waals surface area contributed by atoms with Gasteiger partial charge in [0.25, 0.3) is 5.91 Å². The molecule has 0 spiro atoms. The molecule has 1 aromatic carbocycles. The smallest absolute Gasteiger partial charge is 0.311 e. The number of carbonyl (C=O) groups is 2. The average molecular weight is 295 g/mol. The molecule has 0 radical (unpaired) electrons. The van der Waals surface area contributed by atoms with Gasteiger partial charge in [0.05, 0.1) is 15.9 Å². The quantitative estimate of drug-likeness (QED) is 0.548. The molecule has 0 saturated carbocycles. The highest BCUT2D eigenvalue weighted by atomic mass is 16.6. The molecule has 1 aromatic rings. The van der Waals surface area contributed by atoms with E-state index in [1.807, 2.05) is 0 Å². The summed E-state index contributed by atoms with van der Waals surface area (Å²) in [5.74, 6) is -1.64. The monoisotopic (exact) mass is 295 g/mol. The highest BCUT2D eigenvalue weighted by Gasteiger charge is 2.28. The van der Waals surface area contributed by atoms with E-state index in [-0.39, 0.29) is 18.0 Å². The normalized spacial score (nSPS) is 10.8. The standard InChI is InChI=1S/C13H17N3O5/c1-13(2,12(19)14-3)7-15-11(18)8-5-4-6-9(10(8)17)16(20)21/h4-6,17H,7H2,1-3H3,(H,14,19)(H,15,18). The van der Waals surface area contributed by atoms with Crippen molar-refractivity contribution in [3.63, 3.8) is 0 Å². The third-order valence-corrected chi connectivity index (χ3v) is 2.99. The number of amides is 2. The van der Waals surface area contributed by atoms with Gasteiger partial charge >= 0.3 is 5.69 Å². The van der Waals surface area contributed by atoms with Crippen LogP contribution in [0.1, 0.15) is 24.2 Å². The third kappa shape index (κ3) is 3.68. The first-order valence-electron chi connectivity index (χ1n) is 6.17. The van der Waals surface area contributed by atoms with Gasteiger partial charge in [0.2, 0.25) is 11.7 Å². The fraction of sp³-hybridized carbons (Fsp3) is 0.385. The van der Waals surface area contributed by atoms with Crippen molar-refractivity contribution in [1.82, 2.24) is 10.6 Å². The molecule has 0 aliphatic rings. The fourth-order valence-corrected chi connectivity index (χ4v) is 1.68. The summed E-state index contributed by atoms with van der Waals surface area (Å²) < 4.78 is 0. The van der Waals surface area contributed by atoms with Crippen LogP contribution in [-0.4, -0.2) is 35.4 Å². The van der Waals surface area contributed by atoms with Gasteiger partial charge in [-0.2, -0.15) is 0 Å². The van der Waals surface area contributed by atoms with Crippen LogP contribution in [0.2, 0.25) is 0 Å². The van der Waals surface area contributed by atoms with Crippen molar-refractivity contribution in [3.05, 3.63) is 33.9 Å². The zero-order chi connectivity index (χ0) is 16.2. The molecule has 0 fully saturated rings. The minimum atomic E-state index is -0.846. The molecule has 0 aliphatic carbocycles. The number of nitro benzene ring substituents is 1. The predicted octanol–water partition coefficient (Wildman–Crippen LogP) is 0.802. The number of benzene rings is 1. The van der Waals surface area contributed by atoms with Gasteiger partial charge in [0, 0.05) is 19.7 Å². The zero-order valence-corrected chi connectivity index (χ0v) is 12.0. The molecule has 8 heteroatoms. The molecular weight excluding hydrogens is 278 g/mol. The number of carbonyl (C=O) groups excluding carboxylic acids is 2. The second kappa shape index (κ2) is 6.21. The van der Waals surface area contributed by atoms with E-state index < -0.39 is 27.7 Å². The van der Waals surface area contributed by atoms with Gasteiger partial charge in [-0.1, -0.05) is 6.07 Å². The van der Waals surface area contributed by atoms with Crippen molar-refractivity contribution in [3.8, 4) is 5.75 Å². The molecule has 0 unspecified atom stereocenters. The average Bonchev–Trinajstić information content (AvgIpc) is 2.43. The van der Waals surface area contributed by atoms with Gasteiger partial charge in [-0.25, -0.2) is 0 Å². The number of nitrogens with one attached hydrogen (secondary N) is 2. The topological polar surface area (TPSA) is 122 Å². The molecule has 21 heavy (non-hydrogen) atoms. The molecule has 0 heterocycles. The molecule has 0 aliphatic heterocycles. The molecule has 3 N–H and O–H groups in total. The van der Waals surface area contributed by atoms with Gasteiger partial charge in [-0.3, -0.25) is 19.7 Å². The summed E-state index contributed by atoms with van der Waals surface area (Å²) in [7, 11) is 1.48. The van der Waals surface area contributed by atoms with Gasteiger partial charge < -0.3 is 15.7 Å². The highest BCUT2D eigenvalue weighted by Crippen LogP contribution is 2.29. The molecule has 0 aromatic heterocycles. The molecule has 0 atom stereocenters. The van der Waals surface area contributed by atoms with Crippen LogP contribution in [0.3, 0.4) is 0 Å². The van der Waals surface area contributed by atoms with Crippen LogP contribution in [0.15, 0.2) is 18.2 Å². The van der Waals surface area contributed by atoms with E-state index in [0.717, 1.165) is 6.07 Å². The molecule has 0 bridgehead atoms. The number of para-hydroxylation sites is 1. The van der Waals surface area contributed by atoms with Crippen LogP contribution < -0.4 is 10.6 Å². The molecule has 8 nitrogen and oxygen atoms in total. The first kappa shape index (κ1) is 16.4. The van der Waals surface area contributed by atoms with Crippen LogP contribution >= 0.6 is 0 Å². The van der Waals surface area contributed by atoms with Crippen LogP contribution in [-0.2, 0) is 4.79 Å². The Kier molecular flexibility index (Phi) is 4.85. The Balaban J connectivity index is 2.89. The van der Waals surface area contributed by atoms with E-state index in [2.05, 4.69) is 10.6 Å². The van der Waals surface area contributed by atoms with E-state index in [0.29, 0.717) is 0 Å². The Morgan fingerprint density at radius 2 is 2.00 bits per heavy atom. The maximum atomic E-state index is 12.0. The van der Waals surface area contributed by atoms with Crippen molar-refractivity contribution in [2.75, 3.05) is 13.6 Å². The molecule has 1 rings (SSSR count). The predicted molar refractivity (Wildman–Crippen MR) is 74.9 cm³/mol. The first-order chi connectivity index (χ1) is 9.70. The summed E-state index contributed by atoms with van der Waals surface area (Å²) in [4.78, 5) is 33.5. The minimum absolute atomic E-state index is 0.0215. The summed E-state index contributed by atoms with van der Waals surface area (Å²) in [6, 6.07) is 3.67. The van der Waals surface area contributed by atoms with Gasteiger partial charge in [0.1, 0.15) is 0 Å². The lowest BCUT2D eigenvalue weighted by Crippen LogP contribution is -2.43. The van der Waals surface area contributed by atoms with Crippen molar-refractivity contribution in [2.24, 2.45) is 5.41 Å². The first-order valence-corrected chi connectivity index (χ1v) is 6.17. The Bertz CT molecular complexity index is 583. The number of phenolic OH excluding ortho intramolecular Hbond substituents is 1. The van der Waals surface area contributed by atoms with E-state index in [1.165, 1.54) is 19.2 Å². The maximum Gasteiger partial charge on any atom is 0.311 e. The summed E-state index contributed by atoms with van der Waals surface area (Å²) in [5.41, 5.74) is -1.61.